The molecule has 0 heterocycles. The molecule has 126 valence electrons. The molecule has 0 unspecified atom stereocenters. The monoisotopic (exact) mass is 295 g/mol. The van der Waals surface area contributed by atoms with Gasteiger partial charge in [0.15, 0.2) is 0 Å². The molecular formula is C20H41N. The first-order valence-corrected chi connectivity index (χ1v) is 10.1. The van der Waals surface area contributed by atoms with Crippen LogP contribution < -0.4 is 0 Å². The van der Waals surface area contributed by atoms with E-state index in [1.807, 2.05) is 0 Å². The highest BCUT2D eigenvalue weighted by atomic mass is 15.1. The number of hydrogen-bond donors (Lipinski definition) is 0. The van der Waals surface area contributed by atoms with E-state index in [-0.39, 0.29) is 0 Å². The van der Waals surface area contributed by atoms with Crippen molar-refractivity contribution in [3.63, 3.8) is 0 Å². The Hall–Kier alpha value is -0.0400. The number of rotatable bonds is 14. The van der Waals surface area contributed by atoms with Crippen LogP contribution in [0.5, 0.6) is 0 Å². The van der Waals surface area contributed by atoms with E-state index >= 15 is 0 Å². The second kappa shape index (κ2) is 13.6. The topological polar surface area (TPSA) is 3.24 Å². The van der Waals surface area contributed by atoms with Crippen molar-refractivity contribution in [3.8, 4) is 0 Å². The van der Waals surface area contributed by atoms with Crippen LogP contribution in [0, 0.1) is 5.92 Å². The largest absolute Gasteiger partial charge is 0.303 e. The van der Waals surface area contributed by atoms with Crippen LogP contribution in [-0.4, -0.2) is 24.5 Å². The van der Waals surface area contributed by atoms with Crippen molar-refractivity contribution in [2.75, 3.05) is 19.6 Å². The van der Waals surface area contributed by atoms with Crippen LogP contribution in [0.1, 0.15) is 104 Å². The highest BCUT2D eigenvalue weighted by Crippen LogP contribution is 2.25. The summed E-state index contributed by atoms with van der Waals surface area (Å²) in [5.41, 5.74) is 0. The Morgan fingerprint density at radius 1 is 0.667 bits per heavy atom. The predicted octanol–water partition coefficient (Wildman–Crippen LogP) is 6.42. The van der Waals surface area contributed by atoms with Crippen molar-refractivity contribution in [3.05, 3.63) is 0 Å². The summed E-state index contributed by atoms with van der Waals surface area (Å²) in [4.78, 5) is 2.81. The molecule has 0 spiro atoms. The molecule has 1 nitrogen and oxygen atoms in total. The lowest BCUT2D eigenvalue weighted by atomic mass is 10.1. The third-order valence-electron chi connectivity index (χ3n) is 5.15. The predicted molar refractivity (Wildman–Crippen MR) is 95.9 cm³/mol. The van der Waals surface area contributed by atoms with Crippen LogP contribution in [0.4, 0.5) is 0 Å². The molecule has 1 heteroatoms. The highest BCUT2D eigenvalue weighted by Gasteiger charge is 2.18. The Labute approximate surface area is 134 Å². The van der Waals surface area contributed by atoms with E-state index in [1.165, 1.54) is 110 Å². The summed E-state index contributed by atoms with van der Waals surface area (Å²) in [6.07, 6.45) is 20.2. The summed E-state index contributed by atoms with van der Waals surface area (Å²) in [5.74, 6) is 1.02. The molecule has 0 aromatic rings. The molecule has 1 fully saturated rings. The second-order valence-electron chi connectivity index (χ2n) is 7.28. The maximum absolute atomic E-state index is 2.81. The zero-order chi connectivity index (χ0) is 15.2. The summed E-state index contributed by atoms with van der Waals surface area (Å²) in [6.45, 7) is 8.76. The quantitative estimate of drug-likeness (QED) is 0.334. The summed E-state index contributed by atoms with van der Waals surface area (Å²) in [5, 5.41) is 0. The molecule has 1 aliphatic rings. The number of unbranched alkanes of at least 4 members (excludes halogenated alkanes) is 8. The van der Waals surface area contributed by atoms with Crippen LogP contribution in [0.2, 0.25) is 0 Å². The summed E-state index contributed by atoms with van der Waals surface area (Å²) >= 11 is 0. The van der Waals surface area contributed by atoms with Gasteiger partial charge in [0.2, 0.25) is 0 Å². The third-order valence-corrected chi connectivity index (χ3v) is 5.15. The zero-order valence-electron chi connectivity index (χ0n) is 15.0. The minimum atomic E-state index is 1.02. The van der Waals surface area contributed by atoms with Gasteiger partial charge in [-0.2, -0.15) is 0 Å². The minimum absolute atomic E-state index is 1.02. The van der Waals surface area contributed by atoms with Gasteiger partial charge in [-0.3, -0.25) is 0 Å². The maximum atomic E-state index is 2.81. The van der Waals surface area contributed by atoms with E-state index in [0.29, 0.717) is 0 Å². The van der Waals surface area contributed by atoms with Crippen LogP contribution in [0.3, 0.4) is 0 Å². The fraction of sp³-hybridized carbons (Fsp3) is 1.00. The van der Waals surface area contributed by atoms with Gasteiger partial charge in [-0.1, -0.05) is 78.1 Å². The van der Waals surface area contributed by atoms with Crippen molar-refractivity contribution < 1.29 is 0 Å². The van der Waals surface area contributed by atoms with E-state index in [4.69, 9.17) is 0 Å². The molecule has 0 radical (unpaired) electrons. The van der Waals surface area contributed by atoms with Gasteiger partial charge in [-0.25, -0.2) is 0 Å². The van der Waals surface area contributed by atoms with Gasteiger partial charge in [-0.05, 0) is 44.7 Å². The van der Waals surface area contributed by atoms with Gasteiger partial charge < -0.3 is 4.90 Å². The molecule has 21 heavy (non-hydrogen) atoms. The Kier molecular flexibility index (Phi) is 12.3. The molecule has 1 aliphatic carbocycles. The van der Waals surface area contributed by atoms with Crippen LogP contribution >= 0.6 is 0 Å². The molecular weight excluding hydrogens is 254 g/mol. The molecule has 1 saturated carbocycles. The number of nitrogens with zero attached hydrogens (tertiary/aromatic N) is 1. The van der Waals surface area contributed by atoms with Gasteiger partial charge in [0, 0.05) is 6.54 Å². The molecule has 0 aromatic heterocycles. The SMILES string of the molecule is CCCCCCCN(CCCCCCC)CC1CCCC1. The van der Waals surface area contributed by atoms with Crippen molar-refractivity contribution in [2.45, 2.75) is 104 Å². The Balaban J connectivity index is 2.14. The van der Waals surface area contributed by atoms with Crippen molar-refractivity contribution in [2.24, 2.45) is 5.92 Å². The molecule has 0 saturated heterocycles. The van der Waals surface area contributed by atoms with Gasteiger partial charge in [-0.15, -0.1) is 0 Å². The Morgan fingerprint density at radius 3 is 1.62 bits per heavy atom. The van der Waals surface area contributed by atoms with E-state index in [0.717, 1.165) is 5.92 Å². The first kappa shape index (κ1) is 19.0. The summed E-state index contributed by atoms with van der Waals surface area (Å²) in [7, 11) is 0. The van der Waals surface area contributed by atoms with Crippen molar-refractivity contribution >= 4 is 0 Å². The van der Waals surface area contributed by atoms with Crippen LogP contribution in [0.15, 0.2) is 0 Å². The fourth-order valence-electron chi connectivity index (χ4n) is 3.73. The smallest absolute Gasteiger partial charge is 0.000965 e. The van der Waals surface area contributed by atoms with Gasteiger partial charge in [0.05, 0.1) is 0 Å². The molecule has 1 rings (SSSR count). The van der Waals surface area contributed by atoms with Gasteiger partial charge >= 0.3 is 0 Å². The lowest BCUT2D eigenvalue weighted by molar-refractivity contribution is 0.222. The van der Waals surface area contributed by atoms with Crippen LogP contribution in [0.25, 0.3) is 0 Å². The van der Waals surface area contributed by atoms with E-state index in [2.05, 4.69) is 18.7 Å². The summed E-state index contributed by atoms with van der Waals surface area (Å²) in [6, 6.07) is 0. The lowest BCUT2D eigenvalue weighted by Crippen LogP contribution is -2.30. The minimum Gasteiger partial charge on any atom is -0.303 e. The number of hydrogen-bond acceptors (Lipinski definition) is 1. The second-order valence-corrected chi connectivity index (χ2v) is 7.28. The average Bonchev–Trinajstić information content (AvgIpc) is 2.99. The summed E-state index contributed by atoms with van der Waals surface area (Å²) < 4.78 is 0. The molecule has 0 aromatic carbocycles. The third kappa shape index (κ3) is 10.3. The van der Waals surface area contributed by atoms with Gasteiger partial charge in [0.1, 0.15) is 0 Å². The van der Waals surface area contributed by atoms with Gasteiger partial charge in [0.25, 0.3) is 0 Å². The Bertz CT molecular complexity index is 194. The normalized spacial score (nSPS) is 16.1. The van der Waals surface area contributed by atoms with E-state index in [9.17, 15) is 0 Å². The Morgan fingerprint density at radius 2 is 1.14 bits per heavy atom. The lowest BCUT2D eigenvalue weighted by Gasteiger charge is -2.25. The van der Waals surface area contributed by atoms with Crippen LogP contribution in [-0.2, 0) is 0 Å². The fourth-order valence-corrected chi connectivity index (χ4v) is 3.73. The average molecular weight is 296 g/mol. The zero-order valence-corrected chi connectivity index (χ0v) is 15.0. The molecule has 0 atom stereocenters. The standard InChI is InChI=1S/C20H41N/c1-3-5-7-9-13-17-21(18-14-10-8-6-4-2)19-20-15-11-12-16-20/h20H,3-19H2,1-2H3. The van der Waals surface area contributed by atoms with E-state index < -0.39 is 0 Å². The van der Waals surface area contributed by atoms with Crippen molar-refractivity contribution in [1.29, 1.82) is 0 Å². The first-order valence-electron chi connectivity index (χ1n) is 10.1. The van der Waals surface area contributed by atoms with Crippen molar-refractivity contribution in [1.82, 2.24) is 4.90 Å². The maximum Gasteiger partial charge on any atom is 0.000965 e. The van der Waals surface area contributed by atoms with E-state index in [1.54, 1.807) is 0 Å². The molecule has 0 aliphatic heterocycles. The highest BCUT2D eigenvalue weighted by molar-refractivity contribution is 4.72. The first-order chi connectivity index (χ1) is 10.4. The molecule has 0 N–H and O–H groups in total. The molecule has 0 bridgehead atoms. The molecule has 0 amide bonds.